The van der Waals surface area contributed by atoms with E-state index in [2.05, 4.69) is 5.10 Å². The number of likely N-dealkylation sites (tertiary alicyclic amines) is 1. The van der Waals surface area contributed by atoms with Gasteiger partial charge in [0.2, 0.25) is 0 Å². The lowest BCUT2D eigenvalue weighted by Gasteiger charge is -2.39. The topological polar surface area (TPSA) is 116 Å². The molecule has 2 heterocycles. The fraction of sp³-hybridized carbons (Fsp3) is 0.800. The lowest BCUT2D eigenvalue weighted by atomic mass is 9.96. The van der Waals surface area contributed by atoms with Crippen LogP contribution in [-0.4, -0.2) is 66.0 Å². The fourth-order valence-electron chi connectivity index (χ4n) is 2.72. The molecule has 2 aliphatic rings. The number of carboxylic acids is 1. The quantitative estimate of drug-likeness (QED) is 0.616. The maximum absolute atomic E-state index is 11.8. The Kier molecular flexibility index (Phi) is 3.54. The summed E-state index contributed by atoms with van der Waals surface area (Å²) >= 11 is 0. The Balaban J connectivity index is 2.50. The van der Waals surface area contributed by atoms with Crippen molar-refractivity contribution >= 4 is 20.9 Å². The molecule has 0 aromatic carbocycles. The van der Waals surface area contributed by atoms with Crippen LogP contribution >= 0.6 is 0 Å². The van der Waals surface area contributed by atoms with Gasteiger partial charge in [-0.05, 0) is 25.9 Å². The lowest BCUT2D eigenvalue weighted by Crippen LogP contribution is -2.64. The monoisotopic (exact) mass is 290 g/mol. The summed E-state index contributed by atoms with van der Waals surface area (Å²) in [6.45, 7) is 0.925. The molecule has 0 aliphatic carbocycles. The number of hydrazine groups is 1. The van der Waals surface area contributed by atoms with Crippen molar-refractivity contribution in [3.63, 3.8) is 0 Å². The van der Waals surface area contributed by atoms with Gasteiger partial charge in [0.15, 0.2) is 20.4 Å². The molecule has 108 valence electrons. The van der Waals surface area contributed by atoms with E-state index in [1.54, 1.807) is 4.90 Å². The highest BCUT2D eigenvalue weighted by Crippen LogP contribution is 2.30. The van der Waals surface area contributed by atoms with E-state index in [1.807, 2.05) is 0 Å². The number of carboxylic acid groups (broad SMARTS) is 1. The maximum atomic E-state index is 11.8. The molecule has 2 aliphatic heterocycles. The average molecular weight is 290 g/mol. The second-order valence-electron chi connectivity index (χ2n) is 4.99. The number of sulfone groups is 1. The molecule has 19 heavy (non-hydrogen) atoms. The summed E-state index contributed by atoms with van der Waals surface area (Å²) in [6, 6.07) is 0. The number of piperidine rings is 1. The van der Waals surface area contributed by atoms with Crippen LogP contribution in [0.15, 0.2) is 5.10 Å². The molecule has 0 spiro atoms. The van der Waals surface area contributed by atoms with Crippen LogP contribution in [0.4, 0.5) is 0 Å². The summed E-state index contributed by atoms with van der Waals surface area (Å²) in [4.78, 5) is 13.4. The van der Waals surface area contributed by atoms with E-state index in [1.165, 1.54) is 0 Å². The van der Waals surface area contributed by atoms with Crippen LogP contribution < -0.4 is 5.84 Å². The molecule has 3 N–H and O–H groups in total. The SMILES string of the molecule is CS(=O)(=O)C1=NN(N)CC1(C(=O)O)N1CCCCC1. The third-order valence-electron chi connectivity index (χ3n) is 3.56. The first kappa shape index (κ1) is 14.2. The Morgan fingerprint density at radius 3 is 2.42 bits per heavy atom. The number of hydrogen-bond acceptors (Lipinski definition) is 7. The van der Waals surface area contributed by atoms with Gasteiger partial charge in [-0.1, -0.05) is 6.42 Å². The van der Waals surface area contributed by atoms with Crippen molar-refractivity contribution < 1.29 is 18.3 Å². The highest BCUT2D eigenvalue weighted by molar-refractivity contribution is 8.06. The molecule has 9 heteroatoms. The van der Waals surface area contributed by atoms with E-state index >= 15 is 0 Å². The van der Waals surface area contributed by atoms with Crippen molar-refractivity contribution in [3.8, 4) is 0 Å². The maximum Gasteiger partial charge on any atom is 0.333 e. The molecule has 0 aromatic heterocycles. The zero-order chi connectivity index (χ0) is 14.3. The van der Waals surface area contributed by atoms with Crippen molar-refractivity contribution in [1.82, 2.24) is 10.0 Å². The zero-order valence-electron chi connectivity index (χ0n) is 10.7. The Morgan fingerprint density at radius 2 is 1.95 bits per heavy atom. The van der Waals surface area contributed by atoms with Gasteiger partial charge < -0.3 is 5.11 Å². The molecule has 1 atom stereocenters. The third-order valence-corrected chi connectivity index (χ3v) is 4.69. The Labute approximate surface area is 111 Å². The van der Waals surface area contributed by atoms with Crippen LogP contribution in [-0.2, 0) is 14.6 Å². The minimum absolute atomic E-state index is 0.148. The van der Waals surface area contributed by atoms with Crippen molar-refractivity contribution in [2.24, 2.45) is 10.9 Å². The van der Waals surface area contributed by atoms with Crippen LogP contribution in [0.1, 0.15) is 19.3 Å². The van der Waals surface area contributed by atoms with Crippen LogP contribution in [0.25, 0.3) is 0 Å². The predicted molar refractivity (Wildman–Crippen MR) is 69.0 cm³/mol. The molecule has 0 aromatic rings. The number of nitrogens with two attached hydrogens (primary N) is 1. The number of hydrogen-bond donors (Lipinski definition) is 2. The average Bonchev–Trinajstić information content (AvgIpc) is 2.69. The summed E-state index contributed by atoms with van der Waals surface area (Å²) in [5, 5.41) is 13.9. The number of rotatable bonds is 2. The molecule has 1 unspecified atom stereocenters. The van der Waals surface area contributed by atoms with Gasteiger partial charge >= 0.3 is 5.97 Å². The zero-order valence-corrected chi connectivity index (χ0v) is 11.6. The van der Waals surface area contributed by atoms with Crippen molar-refractivity contribution in [2.45, 2.75) is 24.8 Å². The van der Waals surface area contributed by atoms with Crippen LogP contribution in [0.5, 0.6) is 0 Å². The molecule has 1 saturated heterocycles. The molecule has 0 saturated carbocycles. The van der Waals surface area contributed by atoms with Gasteiger partial charge in [-0.3, -0.25) is 4.90 Å². The Morgan fingerprint density at radius 1 is 1.37 bits per heavy atom. The number of nitrogens with zero attached hydrogens (tertiary/aromatic N) is 3. The molecule has 1 fully saturated rings. The molecular weight excluding hydrogens is 272 g/mol. The van der Waals surface area contributed by atoms with E-state index in [-0.39, 0.29) is 11.6 Å². The molecule has 0 bridgehead atoms. The summed E-state index contributed by atoms with van der Waals surface area (Å²) < 4.78 is 23.7. The van der Waals surface area contributed by atoms with Crippen LogP contribution in [0, 0.1) is 0 Å². The molecule has 0 radical (unpaired) electrons. The summed E-state index contributed by atoms with van der Waals surface area (Å²) in [5.41, 5.74) is -1.65. The number of carbonyl (C=O) groups is 1. The lowest BCUT2D eigenvalue weighted by molar-refractivity contribution is -0.147. The van der Waals surface area contributed by atoms with Crippen molar-refractivity contribution in [3.05, 3.63) is 0 Å². The molecule has 0 amide bonds. The van der Waals surface area contributed by atoms with Gasteiger partial charge in [0.05, 0.1) is 6.54 Å². The number of hydrazone groups is 1. The van der Waals surface area contributed by atoms with Gasteiger partial charge in [0.1, 0.15) is 0 Å². The first-order chi connectivity index (χ1) is 8.78. The van der Waals surface area contributed by atoms with Gasteiger partial charge in [-0.25, -0.2) is 24.2 Å². The van der Waals surface area contributed by atoms with E-state index in [0.29, 0.717) is 13.1 Å². The van der Waals surface area contributed by atoms with E-state index in [4.69, 9.17) is 5.84 Å². The third kappa shape index (κ3) is 2.33. The van der Waals surface area contributed by atoms with Crippen molar-refractivity contribution in [2.75, 3.05) is 25.9 Å². The standard InChI is InChI=1S/C10H18N4O4S/c1-19(17,18)8-10(9(15)16,7-14(11)12-8)13-5-3-2-4-6-13/h2-7,11H2,1H3,(H,15,16). The second kappa shape index (κ2) is 4.73. The van der Waals surface area contributed by atoms with Gasteiger partial charge in [-0.2, -0.15) is 5.10 Å². The highest BCUT2D eigenvalue weighted by atomic mass is 32.2. The Bertz CT molecular complexity index is 512. The van der Waals surface area contributed by atoms with Crippen molar-refractivity contribution in [1.29, 1.82) is 0 Å². The summed E-state index contributed by atoms with van der Waals surface area (Å²) in [7, 11) is -3.73. The first-order valence-electron chi connectivity index (χ1n) is 6.08. The number of aliphatic carboxylic acids is 1. The smallest absolute Gasteiger partial charge is 0.333 e. The predicted octanol–water partition coefficient (Wildman–Crippen LogP) is -1.16. The van der Waals surface area contributed by atoms with E-state index in [0.717, 1.165) is 30.6 Å². The molecule has 8 nitrogen and oxygen atoms in total. The first-order valence-corrected chi connectivity index (χ1v) is 7.97. The summed E-state index contributed by atoms with van der Waals surface area (Å²) in [5.74, 6) is 4.32. The van der Waals surface area contributed by atoms with Gasteiger partial charge in [-0.15, -0.1) is 0 Å². The molecular formula is C10H18N4O4S. The summed E-state index contributed by atoms with van der Waals surface area (Å²) in [6.07, 6.45) is 3.67. The van der Waals surface area contributed by atoms with Gasteiger partial charge in [0.25, 0.3) is 0 Å². The second-order valence-corrected chi connectivity index (χ2v) is 6.92. The minimum Gasteiger partial charge on any atom is -0.479 e. The largest absolute Gasteiger partial charge is 0.479 e. The van der Waals surface area contributed by atoms with Gasteiger partial charge in [0, 0.05) is 6.26 Å². The highest BCUT2D eigenvalue weighted by Gasteiger charge is 2.57. The van der Waals surface area contributed by atoms with E-state index in [9.17, 15) is 18.3 Å². The Hall–Kier alpha value is -1.19. The molecule has 2 rings (SSSR count). The fourth-order valence-corrected chi connectivity index (χ4v) is 3.87. The van der Waals surface area contributed by atoms with E-state index < -0.39 is 21.3 Å². The van der Waals surface area contributed by atoms with Crippen LogP contribution in [0.2, 0.25) is 0 Å². The normalized spacial score (nSPS) is 29.4. The minimum atomic E-state index is -3.73. The van der Waals surface area contributed by atoms with Crippen LogP contribution in [0.3, 0.4) is 0 Å².